The Morgan fingerprint density at radius 2 is 2.08 bits per heavy atom. The first-order chi connectivity index (χ1) is 12.1. The van der Waals surface area contributed by atoms with Crippen LogP contribution in [0.1, 0.15) is 41.6 Å². The zero-order chi connectivity index (χ0) is 18.1. The van der Waals surface area contributed by atoms with Gasteiger partial charge < -0.3 is 20.5 Å². The van der Waals surface area contributed by atoms with E-state index in [0.29, 0.717) is 37.1 Å². The van der Waals surface area contributed by atoms with Crippen molar-refractivity contribution >= 4 is 11.9 Å². The lowest BCUT2D eigenvalue weighted by Gasteiger charge is -2.11. The molecule has 0 atom stereocenters. The Bertz CT molecular complexity index is 696. The van der Waals surface area contributed by atoms with Gasteiger partial charge in [0.05, 0.1) is 17.8 Å². The summed E-state index contributed by atoms with van der Waals surface area (Å²) in [7, 11) is 1.68. The Morgan fingerprint density at radius 1 is 1.28 bits per heavy atom. The van der Waals surface area contributed by atoms with Crippen molar-refractivity contribution < 1.29 is 9.32 Å². The first-order valence-electron chi connectivity index (χ1n) is 8.18. The van der Waals surface area contributed by atoms with E-state index in [4.69, 9.17) is 4.52 Å². The molecule has 0 unspecified atom stereocenters. The van der Waals surface area contributed by atoms with Gasteiger partial charge in [-0.25, -0.2) is 0 Å². The summed E-state index contributed by atoms with van der Waals surface area (Å²) in [5.74, 6) is 1.55. The SMILES string of the molecule is CN=C(NCCNC(=O)c1cccnc1)NCc1cc(C(C)C)no1. The van der Waals surface area contributed by atoms with Gasteiger partial charge in [0, 0.05) is 38.6 Å². The Balaban J connectivity index is 1.69. The van der Waals surface area contributed by atoms with Gasteiger partial charge in [-0.15, -0.1) is 0 Å². The van der Waals surface area contributed by atoms with E-state index in [1.165, 1.54) is 6.20 Å². The van der Waals surface area contributed by atoms with Crippen molar-refractivity contribution in [2.45, 2.75) is 26.3 Å². The number of nitrogens with one attached hydrogen (secondary N) is 3. The number of nitrogens with zero attached hydrogens (tertiary/aromatic N) is 3. The molecule has 25 heavy (non-hydrogen) atoms. The minimum absolute atomic E-state index is 0.152. The fourth-order valence-electron chi connectivity index (χ4n) is 2.03. The van der Waals surface area contributed by atoms with Crippen LogP contribution in [0, 0.1) is 0 Å². The molecule has 0 aliphatic heterocycles. The summed E-state index contributed by atoms with van der Waals surface area (Å²) >= 11 is 0. The predicted octanol–water partition coefficient (Wildman–Crippen LogP) is 1.29. The number of guanidine groups is 1. The zero-order valence-electron chi connectivity index (χ0n) is 14.7. The first kappa shape index (κ1) is 18.4. The number of hydrogen-bond donors (Lipinski definition) is 3. The van der Waals surface area contributed by atoms with E-state index in [-0.39, 0.29) is 5.91 Å². The van der Waals surface area contributed by atoms with Crippen molar-refractivity contribution in [2.75, 3.05) is 20.1 Å². The van der Waals surface area contributed by atoms with Crippen molar-refractivity contribution in [1.82, 2.24) is 26.1 Å². The van der Waals surface area contributed by atoms with Gasteiger partial charge in [-0.05, 0) is 18.1 Å². The molecule has 0 saturated carbocycles. The average molecular weight is 344 g/mol. The molecule has 0 aliphatic carbocycles. The molecule has 0 fully saturated rings. The van der Waals surface area contributed by atoms with E-state index >= 15 is 0 Å². The van der Waals surface area contributed by atoms with Gasteiger partial charge in [-0.1, -0.05) is 19.0 Å². The zero-order valence-corrected chi connectivity index (χ0v) is 14.7. The van der Waals surface area contributed by atoms with Crippen molar-refractivity contribution in [3.63, 3.8) is 0 Å². The molecule has 0 radical (unpaired) electrons. The third kappa shape index (κ3) is 5.91. The molecule has 2 aromatic rings. The van der Waals surface area contributed by atoms with Gasteiger partial charge in [-0.2, -0.15) is 0 Å². The van der Waals surface area contributed by atoms with Crippen LogP contribution in [0.15, 0.2) is 40.1 Å². The maximum atomic E-state index is 11.9. The number of carbonyl (C=O) groups excluding carboxylic acids is 1. The lowest BCUT2D eigenvalue weighted by Crippen LogP contribution is -2.41. The summed E-state index contributed by atoms with van der Waals surface area (Å²) in [6, 6.07) is 5.38. The molecule has 2 aromatic heterocycles. The van der Waals surface area contributed by atoms with Crippen LogP contribution in [0.3, 0.4) is 0 Å². The summed E-state index contributed by atoms with van der Waals surface area (Å²) in [6.07, 6.45) is 3.17. The minimum Gasteiger partial charge on any atom is -0.359 e. The maximum Gasteiger partial charge on any atom is 0.252 e. The van der Waals surface area contributed by atoms with Crippen LogP contribution in [-0.2, 0) is 6.54 Å². The minimum atomic E-state index is -0.152. The molecule has 0 aromatic carbocycles. The molecule has 8 nitrogen and oxygen atoms in total. The predicted molar refractivity (Wildman–Crippen MR) is 95.4 cm³/mol. The number of aromatic nitrogens is 2. The lowest BCUT2D eigenvalue weighted by atomic mass is 10.1. The lowest BCUT2D eigenvalue weighted by molar-refractivity contribution is 0.0954. The van der Waals surface area contributed by atoms with Gasteiger partial charge in [0.15, 0.2) is 11.7 Å². The van der Waals surface area contributed by atoms with E-state index in [9.17, 15) is 4.79 Å². The largest absolute Gasteiger partial charge is 0.359 e. The van der Waals surface area contributed by atoms with Crippen LogP contribution in [0.25, 0.3) is 0 Å². The van der Waals surface area contributed by atoms with E-state index in [0.717, 1.165) is 11.5 Å². The smallest absolute Gasteiger partial charge is 0.252 e. The standard InChI is InChI=1S/C17H24N6O2/c1-12(2)15-9-14(25-23-15)11-22-17(18-3)21-8-7-20-16(24)13-5-4-6-19-10-13/h4-6,9-10,12H,7-8,11H2,1-3H3,(H,20,24)(H2,18,21,22). The van der Waals surface area contributed by atoms with Crippen molar-refractivity contribution in [2.24, 2.45) is 4.99 Å². The average Bonchev–Trinajstić information content (AvgIpc) is 3.11. The van der Waals surface area contributed by atoms with Gasteiger partial charge in [-0.3, -0.25) is 14.8 Å². The number of aliphatic imine (C=N–C) groups is 1. The quantitative estimate of drug-likeness (QED) is 0.397. The molecule has 0 aliphatic rings. The molecule has 3 N–H and O–H groups in total. The third-order valence-electron chi connectivity index (χ3n) is 3.45. The molecule has 2 heterocycles. The fraction of sp³-hybridized carbons (Fsp3) is 0.412. The van der Waals surface area contributed by atoms with Crippen LogP contribution >= 0.6 is 0 Å². The molecular weight excluding hydrogens is 320 g/mol. The van der Waals surface area contributed by atoms with Gasteiger partial charge in [0.1, 0.15) is 0 Å². The van der Waals surface area contributed by atoms with Gasteiger partial charge in [0.2, 0.25) is 0 Å². The Morgan fingerprint density at radius 3 is 2.72 bits per heavy atom. The molecule has 0 spiro atoms. The van der Waals surface area contributed by atoms with Crippen molar-refractivity contribution in [3.8, 4) is 0 Å². The summed E-state index contributed by atoms with van der Waals surface area (Å²) in [5.41, 5.74) is 1.47. The normalized spacial score (nSPS) is 11.4. The highest BCUT2D eigenvalue weighted by atomic mass is 16.5. The Hall–Kier alpha value is -2.90. The van der Waals surface area contributed by atoms with E-state index in [1.54, 1.807) is 25.4 Å². The molecule has 0 saturated heterocycles. The Kier molecular flexibility index (Phi) is 6.94. The second-order valence-electron chi connectivity index (χ2n) is 5.72. The van der Waals surface area contributed by atoms with Crippen LogP contribution < -0.4 is 16.0 Å². The van der Waals surface area contributed by atoms with Crippen LogP contribution in [0.5, 0.6) is 0 Å². The highest BCUT2D eigenvalue weighted by Gasteiger charge is 2.08. The summed E-state index contributed by atoms with van der Waals surface area (Å²) in [5, 5.41) is 13.1. The summed E-state index contributed by atoms with van der Waals surface area (Å²) in [4.78, 5) is 19.9. The van der Waals surface area contributed by atoms with Crippen molar-refractivity contribution in [1.29, 1.82) is 0 Å². The van der Waals surface area contributed by atoms with Crippen LogP contribution in [0.4, 0.5) is 0 Å². The van der Waals surface area contributed by atoms with Gasteiger partial charge in [0.25, 0.3) is 5.91 Å². The second kappa shape index (κ2) is 9.41. The second-order valence-corrected chi connectivity index (χ2v) is 5.72. The number of pyridine rings is 1. The molecule has 1 amide bonds. The van der Waals surface area contributed by atoms with Crippen molar-refractivity contribution in [3.05, 3.63) is 47.6 Å². The number of hydrogen-bond acceptors (Lipinski definition) is 5. The topological polar surface area (TPSA) is 104 Å². The molecule has 2 rings (SSSR count). The third-order valence-corrected chi connectivity index (χ3v) is 3.45. The number of rotatable bonds is 7. The van der Waals surface area contributed by atoms with E-state index < -0.39 is 0 Å². The monoisotopic (exact) mass is 344 g/mol. The molecular formula is C17H24N6O2. The summed E-state index contributed by atoms with van der Waals surface area (Å²) in [6.45, 7) is 5.62. The molecule has 8 heteroatoms. The highest BCUT2D eigenvalue weighted by Crippen LogP contribution is 2.13. The van der Waals surface area contributed by atoms with Crippen LogP contribution in [0.2, 0.25) is 0 Å². The van der Waals surface area contributed by atoms with E-state index in [1.807, 2.05) is 6.07 Å². The van der Waals surface area contributed by atoms with E-state index in [2.05, 4.69) is 44.9 Å². The highest BCUT2D eigenvalue weighted by molar-refractivity contribution is 5.93. The first-order valence-corrected chi connectivity index (χ1v) is 8.18. The summed E-state index contributed by atoms with van der Waals surface area (Å²) < 4.78 is 5.27. The molecule has 0 bridgehead atoms. The number of amides is 1. The van der Waals surface area contributed by atoms with Gasteiger partial charge >= 0.3 is 0 Å². The Labute approximate surface area is 147 Å². The maximum absolute atomic E-state index is 11.9. The fourth-order valence-corrected chi connectivity index (χ4v) is 2.03. The number of carbonyl (C=O) groups is 1. The van der Waals surface area contributed by atoms with Crippen LogP contribution in [-0.4, -0.2) is 42.1 Å². The molecule has 134 valence electrons.